The van der Waals surface area contributed by atoms with Crippen LogP contribution in [0, 0.1) is 5.92 Å². The number of carboxylic acid groups (broad SMARTS) is 1. The van der Waals surface area contributed by atoms with Crippen LogP contribution in [-0.2, 0) is 4.79 Å². The van der Waals surface area contributed by atoms with Crippen molar-refractivity contribution < 1.29 is 9.90 Å². The fraction of sp³-hybridized carbons (Fsp3) is 0.118. The molecule has 0 bridgehead atoms. The molecule has 0 amide bonds. The van der Waals surface area contributed by atoms with Crippen LogP contribution in [0.1, 0.15) is 22.6 Å². The molecule has 0 saturated heterocycles. The van der Waals surface area contributed by atoms with E-state index in [0.29, 0.717) is 0 Å². The summed E-state index contributed by atoms with van der Waals surface area (Å²) < 4.78 is 0. The Morgan fingerprint density at radius 1 is 1.00 bits per heavy atom. The van der Waals surface area contributed by atoms with Crippen LogP contribution in [0.25, 0.3) is 17.2 Å². The van der Waals surface area contributed by atoms with E-state index in [1.54, 1.807) is 0 Å². The Morgan fingerprint density at radius 3 is 2.63 bits per heavy atom. The molecule has 0 saturated carbocycles. The number of rotatable bonds is 1. The largest absolute Gasteiger partial charge is 0.481 e. The Kier molecular flexibility index (Phi) is 1.99. The van der Waals surface area contributed by atoms with E-state index in [2.05, 4.69) is 24.3 Å². The minimum absolute atomic E-state index is 0.0371. The molecule has 2 aliphatic carbocycles. The van der Waals surface area contributed by atoms with Gasteiger partial charge in [0.25, 0.3) is 0 Å². The average molecular weight is 248 g/mol. The lowest BCUT2D eigenvalue weighted by atomic mass is 9.78. The number of aliphatic carboxylic acids is 1. The van der Waals surface area contributed by atoms with E-state index in [-0.39, 0.29) is 5.92 Å². The topological polar surface area (TPSA) is 37.3 Å². The highest BCUT2D eigenvalue weighted by Crippen LogP contribution is 2.51. The number of hydrogen-bond acceptors (Lipinski definition) is 1. The predicted octanol–water partition coefficient (Wildman–Crippen LogP) is 3.53. The second kappa shape index (κ2) is 3.58. The summed E-state index contributed by atoms with van der Waals surface area (Å²) in [5.41, 5.74) is 5.84. The Labute approximate surface area is 111 Å². The number of benzene rings is 2. The van der Waals surface area contributed by atoms with Gasteiger partial charge >= 0.3 is 5.97 Å². The van der Waals surface area contributed by atoms with Crippen molar-refractivity contribution in [1.29, 1.82) is 0 Å². The van der Waals surface area contributed by atoms with Crippen molar-refractivity contribution >= 4 is 12.0 Å². The maximum atomic E-state index is 11.5. The summed E-state index contributed by atoms with van der Waals surface area (Å²) in [6.45, 7) is 0. The first-order valence-corrected chi connectivity index (χ1v) is 6.40. The zero-order valence-corrected chi connectivity index (χ0v) is 10.2. The van der Waals surface area contributed by atoms with Gasteiger partial charge in [0.15, 0.2) is 0 Å². The van der Waals surface area contributed by atoms with Gasteiger partial charge < -0.3 is 5.11 Å². The van der Waals surface area contributed by atoms with Crippen LogP contribution >= 0.6 is 0 Å². The molecule has 0 heterocycles. The molecule has 0 unspecified atom stereocenters. The van der Waals surface area contributed by atoms with E-state index in [1.165, 1.54) is 16.7 Å². The van der Waals surface area contributed by atoms with Crippen molar-refractivity contribution in [3.05, 3.63) is 65.2 Å². The first-order valence-electron chi connectivity index (χ1n) is 6.40. The van der Waals surface area contributed by atoms with Gasteiger partial charge in [-0.1, -0.05) is 54.6 Å². The third-order valence-corrected chi connectivity index (χ3v) is 4.16. The molecular weight excluding hydrogens is 236 g/mol. The van der Waals surface area contributed by atoms with Crippen molar-refractivity contribution in [3.63, 3.8) is 0 Å². The van der Waals surface area contributed by atoms with E-state index in [0.717, 1.165) is 11.1 Å². The maximum absolute atomic E-state index is 11.5. The monoisotopic (exact) mass is 248 g/mol. The molecule has 2 aliphatic rings. The summed E-state index contributed by atoms with van der Waals surface area (Å²) in [4.78, 5) is 11.5. The maximum Gasteiger partial charge on any atom is 0.311 e. The summed E-state index contributed by atoms with van der Waals surface area (Å²) in [6.07, 6.45) is 3.77. The van der Waals surface area contributed by atoms with Crippen LogP contribution in [-0.4, -0.2) is 11.1 Å². The molecule has 19 heavy (non-hydrogen) atoms. The number of fused-ring (bicyclic) bond motifs is 3. The second-order valence-electron chi connectivity index (χ2n) is 5.10. The quantitative estimate of drug-likeness (QED) is 0.838. The van der Waals surface area contributed by atoms with Gasteiger partial charge in [-0.25, -0.2) is 0 Å². The zero-order valence-electron chi connectivity index (χ0n) is 10.2. The molecule has 0 spiro atoms. The van der Waals surface area contributed by atoms with Crippen LogP contribution in [0.3, 0.4) is 0 Å². The van der Waals surface area contributed by atoms with Crippen LogP contribution in [0.2, 0.25) is 0 Å². The number of carbonyl (C=O) groups is 1. The summed E-state index contributed by atoms with van der Waals surface area (Å²) >= 11 is 0. The van der Waals surface area contributed by atoms with Gasteiger partial charge in [-0.3, -0.25) is 4.79 Å². The molecule has 4 rings (SSSR count). The fourth-order valence-electron chi connectivity index (χ4n) is 3.40. The van der Waals surface area contributed by atoms with Gasteiger partial charge in [0.05, 0.1) is 5.92 Å². The lowest BCUT2D eigenvalue weighted by Crippen LogP contribution is -2.22. The first-order chi connectivity index (χ1) is 9.27. The van der Waals surface area contributed by atoms with Gasteiger partial charge in [-0.15, -0.1) is 0 Å². The van der Waals surface area contributed by atoms with Crippen molar-refractivity contribution in [3.8, 4) is 11.1 Å². The normalized spacial score (nSPS) is 21.9. The van der Waals surface area contributed by atoms with Gasteiger partial charge in [0.1, 0.15) is 0 Å². The molecule has 0 aliphatic heterocycles. The molecule has 2 heteroatoms. The minimum atomic E-state index is -0.751. The molecular formula is C17H12O2. The minimum Gasteiger partial charge on any atom is -0.481 e. The van der Waals surface area contributed by atoms with Crippen LogP contribution in [0.15, 0.2) is 48.5 Å². The smallest absolute Gasteiger partial charge is 0.311 e. The summed E-state index contributed by atoms with van der Waals surface area (Å²) in [7, 11) is 0. The van der Waals surface area contributed by atoms with Gasteiger partial charge in [0, 0.05) is 5.92 Å². The number of hydrogen-bond donors (Lipinski definition) is 1. The predicted molar refractivity (Wildman–Crippen MR) is 73.9 cm³/mol. The van der Waals surface area contributed by atoms with Crippen LogP contribution in [0.4, 0.5) is 0 Å². The van der Waals surface area contributed by atoms with E-state index >= 15 is 0 Å². The van der Waals surface area contributed by atoms with E-state index in [1.807, 2.05) is 30.4 Å². The van der Waals surface area contributed by atoms with Gasteiger partial charge in [-0.2, -0.15) is 0 Å². The molecule has 0 radical (unpaired) electrons. The summed E-state index contributed by atoms with van der Waals surface area (Å²) in [5.74, 6) is -1.25. The Bertz CT molecular complexity index is 728. The van der Waals surface area contributed by atoms with E-state index in [4.69, 9.17) is 0 Å². The second-order valence-corrected chi connectivity index (χ2v) is 5.10. The molecule has 0 aromatic heterocycles. The fourth-order valence-corrected chi connectivity index (χ4v) is 3.40. The standard InChI is InChI=1S/C17H12O2/c18-17(19)14-9-8-10-4-3-7-12-11-5-1-2-6-13(11)16(14)15(10)12/h1-9,14,16H,(H,18,19)/t14-,16-/m0/s1. The van der Waals surface area contributed by atoms with Crippen molar-refractivity contribution in [2.45, 2.75) is 5.92 Å². The summed E-state index contributed by atoms with van der Waals surface area (Å²) in [5, 5.41) is 9.46. The third-order valence-electron chi connectivity index (χ3n) is 4.16. The Hall–Kier alpha value is -2.35. The van der Waals surface area contributed by atoms with Crippen molar-refractivity contribution in [1.82, 2.24) is 0 Å². The molecule has 0 fully saturated rings. The van der Waals surface area contributed by atoms with Crippen LogP contribution in [0.5, 0.6) is 0 Å². The molecule has 2 aromatic rings. The first kappa shape index (κ1) is 10.6. The molecule has 1 N–H and O–H groups in total. The highest BCUT2D eigenvalue weighted by Gasteiger charge is 2.39. The highest BCUT2D eigenvalue weighted by atomic mass is 16.4. The average Bonchev–Trinajstić information content (AvgIpc) is 2.77. The Morgan fingerprint density at radius 2 is 1.79 bits per heavy atom. The summed E-state index contributed by atoms with van der Waals surface area (Å²) in [6, 6.07) is 14.3. The highest BCUT2D eigenvalue weighted by molar-refractivity contribution is 5.89. The van der Waals surface area contributed by atoms with E-state index in [9.17, 15) is 9.90 Å². The van der Waals surface area contributed by atoms with Crippen LogP contribution < -0.4 is 0 Å². The third kappa shape index (κ3) is 1.28. The molecule has 2 atom stereocenters. The van der Waals surface area contributed by atoms with Crippen molar-refractivity contribution in [2.24, 2.45) is 5.92 Å². The SMILES string of the molecule is O=C(O)[C@H]1C=Cc2cccc3c2[C@H]1c1ccccc1-3. The van der Waals surface area contributed by atoms with E-state index < -0.39 is 11.9 Å². The Balaban J connectivity index is 2.07. The lowest BCUT2D eigenvalue weighted by molar-refractivity contribution is -0.140. The zero-order chi connectivity index (χ0) is 13.0. The number of carboxylic acids is 1. The lowest BCUT2D eigenvalue weighted by Gasteiger charge is -2.24. The van der Waals surface area contributed by atoms with Gasteiger partial charge in [0.2, 0.25) is 0 Å². The molecule has 2 nitrogen and oxygen atoms in total. The van der Waals surface area contributed by atoms with Gasteiger partial charge in [-0.05, 0) is 27.8 Å². The van der Waals surface area contributed by atoms with Crippen molar-refractivity contribution in [2.75, 3.05) is 0 Å². The molecule has 92 valence electrons. The molecule has 2 aromatic carbocycles.